The van der Waals surface area contributed by atoms with E-state index in [0.29, 0.717) is 0 Å². The van der Waals surface area contributed by atoms with Gasteiger partial charge in [-0.15, -0.1) is 11.3 Å². The number of nitrogens with zero attached hydrogens (tertiary/aromatic N) is 3. The molecule has 0 fully saturated rings. The summed E-state index contributed by atoms with van der Waals surface area (Å²) in [5.41, 5.74) is 1.58. The van der Waals surface area contributed by atoms with Crippen LogP contribution in [0.3, 0.4) is 0 Å². The molecule has 0 atom stereocenters. The Kier molecular flexibility index (Phi) is 4.12. The molecular weight excluding hydrogens is 322 g/mol. The molecule has 22 heavy (non-hydrogen) atoms. The van der Waals surface area contributed by atoms with Crippen LogP contribution >= 0.6 is 22.7 Å². The number of hydrogen-bond acceptors (Lipinski definition) is 7. The monoisotopic (exact) mass is 333 g/mol. The second kappa shape index (κ2) is 6.20. The average molecular weight is 333 g/mol. The Morgan fingerprint density at radius 1 is 1.32 bits per heavy atom. The van der Waals surface area contributed by atoms with E-state index in [2.05, 4.69) is 14.8 Å². The Labute approximate surface area is 133 Å². The maximum atomic E-state index is 11.8. The molecule has 3 heterocycles. The fourth-order valence-corrected chi connectivity index (χ4v) is 3.35. The molecule has 0 amide bonds. The number of thiophene rings is 1. The molecule has 0 aliphatic rings. The quantitative estimate of drug-likeness (QED) is 0.685. The predicted molar refractivity (Wildman–Crippen MR) is 84.4 cm³/mol. The van der Waals surface area contributed by atoms with Crippen molar-refractivity contribution in [1.29, 1.82) is 0 Å². The first-order valence-corrected chi connectivity index (χ1v) is 8.13. The SMILES string of the molecule is COC(=O)c1ccc(=O)n(Cc2csc(-c3ccsc3)n2)n1. The summed E-state index contributed by atoms with van der Waals surface area (Å²) >= 11 is 3.11. The average Bonchev–Trinajstić information content (AvgIpc) is 3.19. The van der Waals surface area contributed by atoms with E-state index in [1.54, 1.807) is 11.3 Å². The van der Waals surface area contributed by atoms with Crippen LogP contribution in [0, 0.1) is 0 Å². The van der Waals surface area contributed by atoms with Crippen LogP contribution < -0.4 is 5.56 Å². The number of hydrogen-bond donors (Lipinski definition) is 0. The highest BCUT2D eigenvalue weighted by molar-refractivity contribution is 7.14. The lowest BCUT2D eigenvalue weighted by Gasteiger charge is -2.04. The largest absolute Gasteiger partial charge is 0.464 e. The minimum Gasteiger partial charge on any atom is -0.464 e. The Balaban J connectivity index is 1.87. The number of aromatic nitrogens is 3. The van der Waals surface area contributed by atoms with E-state index in [4.69, 9.17) is 0 Å². The first kappa shape index (κ1) is 14.6. The van der Waals surface area contributed by atoms with Crippen molar-refractivity contribution in [3.05, 3.63) is 56.1 Å². The predicted octanol–water partition coefficient (Wildman–Crippen LogP) is 2.26. The number of carbonyl (C=O) groups excluding carboxylic acids is 1. The van der Waals surface area contributed by atoms with Crippen molar-refractivity contribution < 1.29 is 9.53 Å². The van der Waals surface area contributed by atoms with Crippen LogP contribution in [0.5, 0.6) is 0 Å². The van der Waals surface area contributed by atoms with E-state index in [1.165, 1.54) is 35.3 Å². The standard InChI is InChI=1S/C14H11N3O3S2/c1-20-14(19)11-2-3-12(18)17(16-11)6-10-8-22-13(15-10)9-4-5-21-7-9/h2-5,7-8H,6H2,1H3. The van der Waals surface area contributed by atoms with Gasteiger partial charge in [-0.05, 0) is 17.5 Å². The third kappa shape index (κ3) is 2.97. The van der Waals surface area contributed by atoms with Crippen LogP contribution in [0.2, 0.25) is 0 Å². The summed E-state index contributed by atoms with van der Waals surface area (Å²) in [5, 5.41) is 10.8. The molecule has 0 saturated heterocycles. The second-order valence-corrected chi connectivity index (χ2v) is 6.00. The summed E-state index contributed by atoms with van der Waals surface area (Å²) in [6.45, 7) is 0.213. The van der Waals surface area contributed by atoms with Gasteiger partial charge in [0.2, 0.25) is 0 Å². The lowest BCUT2D eigenvalue weighted by atomic mass is 10.3. The molecule has 3 aromatic heterocycles. The van der Waals surface area contributed by atoms with E-state index < -0.39 is 5.97 Å². The Hall–Kier alpha value is -2.32. The van der Waals surface area contributed by atoms with Crippen LogP contribution in [-0.2, 0) is 11.3 Å². The molecule has 3 rings (SSSR count). The van der Waals surface area contributed by atoms with Gasteiger partial charge in [0.25, 0.3) is 5.56 Å². The lowest BCUT2D eigenvalue weighted by Crippen LogP contribution is -2.25. The minimum absolute atomic E-state index is 0.0930. The highest BCUT2D eigenvalue weighted by atomic mass is 32.1. The van der Waals surface area contributed by atoms with Crippen LogP contribution in [0.15, 0.2) is 39.1 Å². The van der Waals surface area contributed by atoms with Gasteiger partial charge < -0.3 is 4.74 Å². The summed E-state index contributed by atoms with van der Waals surface area (Å²) in [6, 6.07) is 4.64. The van der Waals surface area contributed by atoms with Gasteiger partial charge in [0.05, 0.1) is 19.3 Å². The topological polar surface area (TPSA) is 74.1 Å². The van der Waals surface area contributed by atoms with Gasteiger partial charge in [-0.2, -0.15) is 16.4 Å². The molecule has 0 aliphatic carbocycles. The first-order valence-electron chi connectivity index (χ1n) is 6.31. The smallest absolute Gasteiger partial charge is 0.358 e. The molecule has 0 aliphatic heterocycles. The van der Waals surface area contributed by atoms with Gasteiger partial charge in [-0.25, -0.2) is 14.5 Å². The van der Waals surface area contributed by atoms with Crippen molar-refractivity contribution >= 4 is 28.6 Å². The van der Waals surface area contributed by atoms with Crippen LogP contribution in [-0.4, -0.2) is 27.8 Å². The summed E-state index contributed by atoms with van der Waals surface area (Å²) in [7, 11) is 1.27. The minimum atomic E-state index is -0.578. The highest BCUT2D eigenvalue weighted by Crippen LogP contribution is 2.25. The van der Waals surface area contributed by atoms with Gasteiger partial charge in [0, 0.05) is 22.4 Å². The van der Waals surface area contributed by atoms with Crippen LogP contribution in [0.25, 0.3) is 10.6 Å². The zero-order valence-electron chi connectivity index (χ0n) is 11.6. The fraction of sp³-hybridized carbons (Fsp3) is 0.143. The lowest BCUT2D eigenvalue weighted by molar-refractivity contribution is 0.0591. The normalized spacial score (nSPS) is 10.6. The third-order valence-corrected chi connectivity index (χ3v) is 4.52. The Morgan fingerprint density at radius 3 is 2.91 bits per heavy atom. The summed E-state index contributed by atoms with van der Waals surface area (Å²) in [4.78, 5) is 27.8. The zero-order valence-corrected chi connectivity index (χ0v) is 13.2. The second-order valence-electron chi connectivity index (χ2n) is 4.36. The van der Waals surface area contributed by atoms with Gasteiger partial charge in [-0.3, -0.25) is 4.79 Å². The summed E-state index contributed by atoms with van der Waals surface area (Å²) in [6.07, 6.45) is 0. The molecule has 0 bridgehead atoms. The molecule has 0 saturated carbocycles. The van der Waals surface area contributed by atoms with E-state index in [-0.39, 0.29) is 17.8 Å². The molecule has 0 aromatic carbocycles. The van der Waals surface area contributed by atoms with E-state index in [0.717, 1.165) is 16.3 Å². The molecule has 0 spiro atoms. The van der Waals surface area contributed by atoms with Crippen molar-refractivity contribution in [3.8, 4) is 10.6 Å². The van der Waals surface area contributed by atoms with Gasteiger partial charge in [0.1, 0.15) is 5.01 Å². The van der Waals surface area contributed by atoms with E-state index in [1.807, 2.05) is 22.2 Å². The van der Waals surface area contributed by atoms with Crippen molar-refractivity contribution in [2.75, 3.05) is 7.11 Å². The fourth-order valence-electron chi connectivity index (χ4n) is 1.83. The maximum absolute atomic E-state index is 11.8. The molecule has 112 valence electrons. The maximum Gasteiger partial charge on any atom is 0.358 e. The van der Waals surface area contributed by atoms with Gasteiger partial charge >= 0.3 is 5.97 Å². The van der Waals surface area contributed by atoms with Gasteiger partial charge in [0.15, 0.2) is 5.69 Å². The van der Waals surface area contributed by atoms with Crippen molar-refractivity contribution in [3.63, 3.8) is 0 Å². The highest BCUT2D eigenvalue weighted by Gasteiger charge is 2.11. The zero-order chi connectivity index (χ0) is 15.5. The number of thiazole rings is 1. The Bertz CT molecular complexity index is 852. The van der Waals surface area contributed by atoms with E-state index >= 15 is 0 Å². The molecule has 3 aromatic rings. The van der Waals surface area contributed by atoms with Gasteiger partial charge in [-0.1, -0.05) is 0 Å². The van der Waals surface area contributed by atoms with Crippen LogP contribution in [0.4, 0.5) is 0 Å². The van der Waals surface area contributed by atoms with Crippen LogP contribution in [0.1, 0.15) is 16.2 Å². The molecule has 6 nitrogen and oxygen atoms in total. The Morgan fingerprint density at radius 2 is 2.18 bits per heavy atom. The molecule has 0 unspecified atom stereocenters. The summed E-state index contributed by atoms with van der Waals surface area (Å²) < 4.78 is 5.81. The number of esters is 1. The molecule has 8 heteroatoms. The number of carbonyl (C=O) groups is 1. The first-order chi connectivity index (χ1) is 10.7. The third-order valence-electron chi connectivity index (χ3n) is 2.89. The number of methoxy groups -OCH3 is 1. The van der Waals surface area contributed by atoms with E-state index in [9.17, 15) is 9.59 Å². The molecule has 0 N–H and O–H groups in total. The number of ether oxygens (including phenoxy) is 1. The van der Waals surface area contributed by atoms with Crippen molar-refractivity contribution in [2.45, 2.75) is 6.54 Å². The van der Waals surface area contributed by atoms with Crippen molar-refractivity contribution in [1.82, 2.24) is 14.8 Å². The summed E-state index contributed by atoms with van der Waals surface area (Å²) in [5.74, 6) is -0.578. The van der Waals surface area contributed by atoms with Crippen molar-refractivity contribution in [2.24, 2.45) is 0 Å². The number of rotatable bonds is 4. The molecular formula is C14H11N3O3S2. The molecule has 0 radical (unpaired) electrons.